The van der Waals surface area contributed by atoms with Crippen molar-refractivity contribution in [1.29, 1.82) is 0 Å². The molecule has 1 N–H and O–H groups in total. The molecule has 242 valence electrons. The maximum atomic E-state index is 12.6. The summed E-state index contributed by atoms with van der Waals surface area (Å²) in [4.78, 5) is 27.2. The average Bonchev–Trinajstić information content (AvgIpc) is 3.10. The van der Waals surface area contributed by atoms with Gasteiger partial charge in [-0.1, -0.05) is 92.2 Å². The Morgan fingerprint density at radius 1 is 0.653 bits per heavy atom. The molecule has 0 bridgehead atoms. The van der Waals surface area contributed by atoms with Crippen LogP contribution in [0.15, 0.2) is 114 Å². The fourth-order valence-corrected chi connectivity index (χ4v) is 6.83. The van der Waals surface area contributed by atoms with E-state index in [4.69, 9.17) is 9.97 Å². The van der Waals surface area contributed by atoms with Crippen molar-refractivity contribution in [3.8, 4) is 50.5 Å². The Balaban J connectivity index is 1.46. The van der Waals surface area contributed by atoms with Gasteiger partial charge in [0.1, 0.15) is 11.4 Å². The number of rotatable bonds is 5. The molecule has 0 amide bonds. The highest BCUT2D eigenvalue weighted by molar-refractivity contribution is 7.28. The summed E-state index contributed by atoms with van der Waals surface area (Å²) >= 11 is 0. The van der Waals surface area contributed by atoms with Gasteiger partial charge in [0, 0.05) is 51.0 Å². The molecule has 3 aromatic carbocycles. The van der Waals surface area contributed by atoms with E-state index >= 15 is 0 Å². The van der Waals surface area contributed by atoms with Crippen LogP contribution in [0.1, 0.15) is 52.7 Å². The van der Waals surface area contributed by atoms with Gasteiger partial charge in [-0.2, -0.15) is 0 Å². The molecule has 0 saturated heterocycles. The Labute approximate surface area is 288 Å². The molecule has 0 atom stereocenters. The Kier molecular flexibility index (Phi) is 8.08. The normalized spacial score (nSPS) is 12.2. The lowest BCUT2D eigenvalue weighted by Crippen LogP contribution is -2.11. The van der Waals surface area contributed by atoms with Crippen LogP contribution in [0.2, 0.25) is 0 Å². The number of aromatic hydroxyl groups is 1. The van der Waals surface area contributed by atoms with Crippen LogP contribution in [0.3, 0.4) is 0 Å². The number of hydrogen-bond acceptors (Lipinski definition) is 6. The largest absolute Gasteiger partial charge is 0.507 e. The summed E-state index contributed by atoms with van der Waals surface area (Å²) in [5.74, 6) is 4.37. The molecule has 7 aromatic rings. The third-order valence-electron chi connectivity index (χ3n) is 9.06. The molecule has 4 aromatic heterocycles. The lowest BCUT2D eigenvalue weighted by molar-refractivity contribution is 0.478. The van der Waals surface area contributed by atoms with Gasteiger partial charge in [-0.25, -0.2) is 9.97 Å². The molecule has 7 heteroatoms. The molecule has 0 fully saturated rings. The van der Waals surface area contributed by atoms with Crippen molar-refractivity contribution in [2.45, 2.75) is 52.4 Å². The number of fused-ring (bicyclic) bond motifs is 3. The summed E-state index contributed by atoms with van der Waals surface area (Å²) in [6.45, 7) is 13.0. The molecular weight excluding hydrogens is 623 g/mol. The molecule has 49 heavy (non-hydrogen) atoms. The molecule has 4 heterocycles. The topological polar surface area (TPSA) is 88.3 Å². The smallest absolute Gasteiger partial charge is 0.132 e. The zero-order valence-corrected chi connectivity index (χ0v) is 29.4. The van der Waals surface area contributed by atoms with E-state index in [2.05, 4.69) is 69.4 Å². The predicted molar refractivity (Wildman–Crippen MR) is 204 cm³/mol. The van der Waals surface area contributed by atoms with Crippen molar-refractivity contribution in [2.75, 3.05) is 0 Å². The van der Waals surface area contributed by atoms with E-state index in [1.54, 1.807) is 12.4 Å². The van der Waals surface area contributed by atoms with E-state index in [0.29, 0.717) is 39.2 Å². The summed E-state index contributed by atoms with van der Waals surface area (Å²) in [5, 5.41) is 17.1. The summed E-state index contributed by atoms with van der Waals surface area (Å²) in [7, 11) is 1.08. The Bertz CT molecular complexity index is 2380. The van der Waals surface area contributed by atoms with Crippen LogP contribution in [0.25, 0.3) is 66.6 Å². The zero-order valence-electron chi connectivity index (χ0n) is 28.5. The van der Waals surface area contributed by atoms with Crippen LogP contribution >= 0.6 is 8.19 Å². The molecule has 0 saturated carbocycles. The molecule has 0 spiro atoms. The third kappa shape index (κ3) is 6.09. The number of pyridine rings is 3. The fourth-order valence-electron chi connectivity index (χ4n) is 6.18. The first-order chi connectivity index (χ1) is 23.4. The van der Waals surface area contributed by atoms with Gasteiger partial charge in [0.15, 0.2) is 0 Å². The Hall–Kier alpha value is -5.32. The fraction of sp³-hybridized carbons (Fsp3) is 0.190. The summed E-state index contributed by atoms with van der Waals surface area (Å²) in [6, 6.07) is 28.1. The standard InChI is InChI=1S/C42H37N4O2P/c1-41(2,3)29-19-31(27-9-7-17-43-23-27)39(46-48)33(21-29)35-15-13-25-11-12-26-14-16-36(45-38(26)37(25)44-35)34-22-30(42(4,5)6)20-32(40(34)47)28-10-8-18-49-24-28/h7-24,47H,1-6H3. The van der Waals surface area contributed by atoms with Crippen LogP contribution in [-0.2, 0) is 10.8 Å². The Morgan fingerprint density at radius 2 is 1.20 bits per heavy atom. The van der Waals surface area contributed by atoms with E-state index in [9.17, 15) is 10.0 Å². The highest BCUT2D eigenvalue weighted by Crippen LogP contribution is 2.44. The van der Waals surface area contributed by atoms with Crippen molar-refractivity contribution in [3.63, 3.8) is 0 Å². The van der Waals surface area contributed by atoms with Gasteiger partial charge in [-0.3, -0.25) is 4.98 Å². The van der Waals surface area contributed by atoms with Crippen molar-refractivity contribution >= 4 is 35.7 Å². The molecule has 0 aliphatic heterocycles. The van der Waals surface area contributed by atoms with Crippen molar-refractivity contribution in [1.82, 2.24) is 15.0 Å². The van der Waals surface area contributed by atoms with Gasteiger partial charge >= 0.3 is 0 Å². The number of phenolic OH excluding ortho intramolecular Hbond substituents is 1. The van der Waals surface area contributed by atoms with Crippen molar-refractivity contribution in [2.24, 2.45) is 5.18 Å². The first-order valence-corrected chi connectivity index (χ1v) is 17.4. The highest BCUT2D eigenvalue weighted by atomic mass is 31.0. The molecule has 0 aliphatic carbocycles. The van der Waals surface area contributed by atoms with E-state index in [1.807, 2.05) is 78.9 Å². The maximum absolute atomic E-state index is 12.6. The van der Waals surface area contributed by atoms with E-state index in [-0.39, 0.29) is 16.6 Å². The molecule has 0 unspecified atom stereocenters. The quantitative estimate of drug-likeness (QED) is 0.147. The lowest BCUT2D eigenvalue weighted by atomic mass is 9.83. The van der Waals surface area contributed by atoms with Crippen LogP contribution in [0.5, 0.6) is 5.75 Å². The maximum Gasteiger partial charge on any atom is 0.132 e. The van der Waals surface area contributed by atoms with Gasteiger partial charge in [0.25, 0.3) is 0 Å². The highest BCUT2D eigenvalue weighted by Gasteiger charge is 2.24. The van der Waals surface area contributed by atoms with Gasteiger partial charge < -0.3 is 5.11 Å². The summed E-state index contributed by atoms with van der Waals surface area (Å²) in [5.41, 5.74) is 9.46. The molecule has 7 rings (SSSR count). The second-order valence-electron chi connectivity index (χ2n) is 14.5. The lowest BCUT2D eigenvalue weighted by Gasteiger charge is -2.23. The second-order valence-corrected chi connectivity index (χ2v) is 15.4. The molecule has 0 radical (unpaired) electrons. The first-order valence-electron chi connectivity index (χ1n) is 16.3. The number of benzene rings is 3. The first kappa shape index (κ1) is 32.2. The molecule has 0 aliphatic rings. The number of phenols is 1. The van der Waals surface area contributed by atoms with E-state index < -0.39 is 0 Å². The number of nitrogens with zero attached hydrogens (tertiary/aromatic N) is 4. The van der Waals surface area contributed by atoms with Gasteiger partial charge in [-0.05, 0) is 86.8 Å². The second kappa shape index (κ2) is 12.3. The zero-order chi connectivity index (χ0) is 34.5. The minimum atomic E-state index is -0.198. The SMILES string of the molecule is CC(C)(C)c1cc(-c2cccpc2)c(O)c(-c2ccc3ccc4ccc(-c5cc(C(C)(C)C)cc(-c6cccnc6)c5N=O)nc4c3n2)c1. The summed E-state index contributed by atoms with van der Waals surface area (Å²) < 4.78 is 0. The monoisotopic (exact) mass is 660 g/mol. The number of hydrogen-bond donors (Lipinski definition) is 1. The Morgan fingerprint density at radius 3 is 1.76 bits per heavy atom. The van der Waals surface area contributed by atoms with Gasteiger partial charge in [0.05, 0.1) is 22.4 Å². The van der Waals surface area contributed by atoms with Crippen molar-refractivity contribution < 1.29 is 5.11 Å². The van der Waals surface area contributed by atoms with E-state index in [0.717, 1.165) is 52.3 Å². The molecule has 6 nitrogen and oxygen atoms in total. The number of nitroso groups, excluding NO2 is 1. The van der Waals surface area contributed by atoms with Crippen LogP contribution in [0, 0.1) is 4.91 Å². The molecular formula is C42H37N4O2P. The van der Waals surface area contributed by atoms with Crippen molar-refractivity contribution in [3.05, 3.63) is 125 Å². The van der Waals surface area contributed by atoms with Crippen LogP contribution in [-0.4, -0.2) is 20.1 Å². The number of aromatic nitrogens is 3. The predicted octanol–water partition coefficient (Wildman–Crippen LogP) is 12.1. The van der Waals surface area contributed by atoms with Gasteiger partial charge in [-0.15, -0.1) is 4.91 Å². The van der Waals surface area contributed by atoms with Crippen LogP contribution < -0.4 is 0 Å². The van der Waals surface area contributed by atoms with E-state index in [1.165, 1.54) is 0 Å². The average molecular weight is 661 g/mol. The van der Waals surface area contributed by atoms with Crippen LogP contribution in [0.4, 0.5) is 5.69 Å². The summed E-state index contributed by atoms with van der Waals surface area (Å²) in [6.07, 6.45) is 3.47. The van der Waals surface area contributed by atoms with Gasteiger partial charge in [0.2, 0.25) is 0 Å². The minimum Gasteiger partial charge on any atom is -0.507 e. The third-order valence-corrected chi connectivity index (χ3v) is 9.83. The minimum absolute atomic E-state index is 0.152.